The average molecular weight is 462 g/mol. The SMILES string of the molecule is COc1cc(OC)cc(C(=O)NC(=S)Nc2cc(-c3nc4cc(C)ccc4o3)ccc2C)c1. The number of carbonyl (C=O) groups is 1. The smallest absolute Gasteiger partial charge is 0.257 e. The molecule has 4 rings (SSSR count). The highest BCUT2D eigenvalue weighted by Crippen LogP contribution is 2.28. The molecule has 0 atom stereocenters. The van der Waals surface area contributed by atoms with Gasteiger partial charge in [0.2, 0.25) is 5.89 Å². The Hall–Kier alpha value is -3.91. The first-order valence-electron chi connectivity index (χ1n) is 10.2. The lowest BCUT2D eigenvalue weighted by atomic mass is 10.1. The van der Waals surface area contributed by atoms with Gasteiger partial charge in [0.25, 0.3) is 5.91 Å². The summed E-state index contributed by atoms with van der Waals surface area (Å²) in [5, 5.41) is 5.94. The summed E-state index contributed by atoms with van der Waals surface area (Å²) < 4.78 is 16.4. The molecule has 4 aromatic rings. The molecule has 0 saturated heterocycles. The van der Waals surface area contributed by atoms with Crippen LogP contribution in [-0.2, 0) is 0 Å². The third-order valence-electron chi connectivity index (χ3n) is 5.12. The normalized spacial score (nSPS) is 10.7. The molecule has 0 unspecified atom stereocenters. The minimum atomic E-state index is -0.382. The number of hydrogen-bond donors (Lipinski definition) is 2. The Labute approximate surface area is 196 Å². The number of ether oxygens (including phenoxy) is 2. The van der Waals surface area contributed by atoms with Crippen LogP contribution in [0.15, 0.2) is 59.0 Å². The molecule has 0 fully saturated rings. The van der Waals surface area contributed by atoms with Gasteiger partial charge in [-0.1, -0.05) is 12.1 Å². The minimum Gasteiger partial charge on any atom is -0.497 e. The number of benzene rings is 3. The van der Waals surface area contributed by atoms with Gasteiger partial charge in [0.05, 0.1) is 14.2 Å². The van der Waals surface area contributed by atoms with Crippen LogP contribution in [0.3, 0.4) is 0 Å². The first-order valence-corrected chi connectivity index (χ1v) is 10.6. The van der Waals surface area contributed by atoms with Gasteiger partial charge >= 0.3 is 0 Å². The van der Waals surface area contributed by atoms with Crippen LogP contribution in [0.1, 0.15) is 21.5 Å². The quantitative estimate of drug-likeness (QED) is 0.392. The molecular weight excluding hydrogens is 438 g/mol. The highest BCUT2D eigenvalue weighted by atomic mass is 32.1. The number of anilines is 1. The van der Waals surface area contributed by atoms with Crippen LogP contribution in [0, 0.1) is 13.8 Å². The first-order chi connectivity index (χ1) is 15.9. The second kappa shape index (κ2) is 9.30. The molecule has 2 N–H and O–H groups in total. The monoisotopic (exact) mass is 461 g/mol. The number of thiocarbonyl (C=S) groups is 1. The largest absolute Gasteiger partial charge is 0.497 e. The molecule has 33 heavy (non-hydrogen) atoms. The van der Waals surface area contributed by atoms with Crippen LogP contribution < -0.4 is 20.1 Å². The minimum absolute atomic E-state index is 0.162. The van der Waals surface area contributed by atoms with Crippen molar-refractivity contribution in [2.24, 2.45) is 0 Å². The molecule has 1 amide bonds. The maximum atomic E-state index is 12.7. The predicted octanol–water partition coefficient (Wildman–Crippen LogP) is 5.26. The molecule has 0 saturated carbocycles. The summed E-state index contributed by atoms with van der Waals surface area (Å²) in [5.41, 5.74) is 5.48. The zero-order valence-corrected chi connectivity index (χ0v) is 19.5. The highest BCUT2D eigenvalue weighted by Gasteiger charge is 2.14. The second-order valence-electron chi connectivity index (χ2n) is 7.53. The fourth-order valence-corrected chi connectivity index (χ4v) is 3.52. The Morgan fingerprint density at radius 2 is 1.70 bits per heavy atom. The summed E-state index contributed by atoms with van der Waals surface area (Å²) in [4.78, 5) is 17.3. The van der Waals surface area contributed by atoms with E-state index >= 15 is 0 Å². The van der Waals surface area contributed by atoms with Crippen molar-refractivity contribution in [3.63, 3.8) is 0 Å². The fourth-order valence-electron chi connectivity index (χ4n) is 3.32. The number of hydrogen-bond acceptors (Lipinski definition) is 6. The van der Waals surface area contributed by atoms with Crippen LogP contribution in [0.25, 0.3) is 22.6 Å². The molecule has 7 nitrogen and oxygen atoms in total. The van der Waals surface area contributed by atoms with Crippen LogP contribution in [0.5, 0.6) is 11.5 Å². The Bertz CT molecular complexity index is 1340. The molecule has 1 heterocycles. The van der Waals surface area contributed by atoms with E-state index in [4.69, 9.17) is 26.1 Å². The molecule has 168 valence electrons. The number of rotatable bonds is 5. The van der Waals surface area contributed by atoms with E-state index in [9.17, 15) is 4.79 Å². The maximum absolute atomic E-state index is 12.7. The zero-order chi connectivity index (χ0) is 23.5. The summed E-state index contributed by atoms with van der Waals surface area (Å²) in [6, 6.07) is 16.6. The summed E-state index contributed by atoms with van der Waals surface area (Å²) in [7, 11) is 3.05. The fraction of sp³-hybridized carbons (Fsp3) is 0.160. The van der Waals surface area contributed by atoms with Gasteiger partial charge in [0.15, 0.2) is 10.7 Å². The number of aryl methyl sites for hydroxylation is 2. The summed E-state index contributed by atoms with van der Waals surface area (Å²) in [6.07, 6.45) is 0. The van der Waals surface area contributed by atoms with Gasteiger partial charge in [-0.25, -0.2) is 4.98 Å². The average Bonchev–Trinajstić information content (AvgIpc) is 3.23. The van der Waals surface area contributed by atoms with Crippen molar-refractivity contribution < 1.29 is 18.7 Å². The molecule has 8 heteroatoms. The summed E-state index contributed by atoms with van der Waals surface area (Å²) in [6.45, 7) is 3.96. The van der Waals surface area contributed by atoms with E-state index in [1.807, 2.05) is 50.2 Å². The Morgan fingerprint density at radius 3 is 2.39 bits per heavy atom. The Morgan fingerprint density at radius 1 is 0.970 bits per heavy atom. The lowest BCUT2D eigenvalue weighted by Crippen LogP contribution is -2.34. The maximum Gasteiger partial charge on any atom is 0.257 e. The third-order valence-corrected chi connectivity index (χ3v) is 5.32. The molecule has 0 aliphatic rings. The van der Waals surface area contributed by atoms with E-state index in [0.29, 0.717) is 23.0 Å². The lowest BCUT2D eigenvalue weighted by Gasteiger charge is -2.13. The molecule has 0 bridgehead atoms. The predicted molar refractivity (Wildman–Crippen MR) is 132 cm³/mol. The number of aromatic nitrogens is 1. The van der Waals surface area contributed by atoms with Crippen molar-refractivity contribution in [1.29, 1.82) is 0 Å². The van der Waals surface area contributed by atoms with Crippen molar-refractivity contribution in [3.8, 4) is 23.0 Å². The van der Waals surface area contributed by atoms with Crippen molar-refractivity contribution in [2.75, 3.05) is 19.5 Å². The van der Waals surface area contributed by atoms with Crippen LogP contribution in [0.2, 0.25) is 0 Å². The number of carbonyl (C=O) groups excluding carboxylic acids is 1. The van der Waals surface area contributed by atoms with Gasteiger partial charge in [0.1, 0.15) is 17.0 Å². The molecule has 0 aliphatic carbocycles. The summed E-state index contributed by atoms with van der Waals surface area (Å²) in [5.74, 6) is 1.15. The van der Waals surface area contributed by atoms with Gasteiger partial charge in [-0.05, 0) is 73.6 Å². The molecular formula is C25H23N3O4S. The van der Waals surface area contributed by atoms with Crippen molar-refractivity contribution in [1.82, 2.24) is 10.3 Å². The van der Waals surface area contributed by atoms with E-state index < -0.39 is 0 Å². The van der Waals surface area contributed by atoms with Gasteiger partial charge in [-0.2, -0.15) is 0 Å². The zero-order valence-electron chi connectivity index (χ0n) is 18.7. The van der Waals surface area contributed by atoms with Gasteiger partial charge in [0, 0.05) is 22.9 Å². The number of oxazole rings is 1. The van der Waals surface area contributed by atoms with Crippen molar-refractivity contribution in [3.05, 3.63) is 71.3 Å². The topological polar surface area (TPSA) is 85.6 Å². The number of nitrogens with one attached hydrogen (secondary N) is 2. The molecule has 1 aromatic heterocycles. The molecule has 0 aliphatic heterocycles. The van der Waals surface area contributed by atoms with Gasteiger partial charge in [-0.3, -0.25) is 10.1 Å². The second-order valence-corrected chi connectivity index (χ2v) is 7.94. The highest BCUT2D eigenvalue weighted by molar-refractivity contribution is 7.80. The van der Waals surface area contributed by atoms with Crippen molar-refractivity contribution in [2.45, 2.75) is 13.8 Å². The van der Waals surface area contributed by atoms with Crippen LogP contribution >= 0.6 is 12.2 Å². The number of nitrogens with zero attached hydrogens (tertiary/aromatic N) is 1. The number of amides is 1. The first kappa shape index (κ1) is 22.3. The van der Waals surface area contributed by atoms with Gasteiger partial charge < -0.3 is 19.2 Å². The molecule has 3 aromatic carbocycles. The van der Waals surface area contributed by atoms with E-state index in [2.05, 4.69) is 15.6 Å². The van der Waals surface area contributed by atoms with E-state index in [1.54, 1.807) is 18.2 Å². The van der Waals surface area contributed by atoms with E-state index in [1.165, 1.54) is 14.2 Å². The van der Waals surface area contributed by atoms with Crippen molar-refractivity contribution >= 4 is 40.0 Å². The summed E-state index contributed by atoms with van der Waals surface area (Å²) >= 11 is 5.38. The number of fused-ring (bicyclic) bond motifs is 1. The number of methoxy groups -OCH3 is 2. The third kappa shape index (κ3) is 4.96. The van der Waals surface area contributed by atoms with E-state index in [0.717, 1.165) is 33.5 Å². The van der Waals surface area contributed by atoms with Gasteiger partial charge in [-0.15, -0.1) is 0 Å². The van der Waals surface area contributed by atoms with Crippen LogP contribution in [0.4, 0.5) is 5.69 Å². The standard InChI is InChI=1S/C25H23N3O4S/c1-14-5-8-22-21(9-14)26-24(32-22)16-7-6-15(2)20(12-16)27-25(33)28-23(29)17-10-18(30-3)13-19(11-17)31-4/h5-13H,1-4H3,(H2,27,28,29,33). The van der Waals surface area contributed by atoms with E-state index in [-0.39, 0.29) is 11.0 Å². The lowest BCUT2D eigenvalue weighted by molar-refractivity contribution is 0.0977. The molecule has 0 spiro atoms. The molecule has 0 radical (unpaired) electrons. The Balaban J connectivity index is 1.52. The Kier molecular flexibility index (Phi) is 6.28. The van der Waals surface area contributed by atoms with Crippen LogP contribution in [-0.4, -0.2) is 30.2 Å².